The van der Waals surface area contributed by atoms with Gasteiger partial charge in [0.1, 0.15) is 0 Å². The zero-order valence-corrected chi connectivity index (χ0v) is 27.1. The van der Waals surface area contributed by atoms with Crippen molar-refractivity contribution in [3.05, 3.63) is 116 Å². The summed E-state index contributed by atoms with van der Waals surface area (Å²) in [6.07, 6.45) is 4.50. The van der Waals surface area contributed by atoms with Gasteiger partial charge in [-0.05, 0) is 84.9 Å². The van der Waals surface area contributed by atoms with E-state index in [-0.39, 0.29) is 17.5 Å². The van der Waals surface area contributed by atoms with E-state index in [4.69, 9.17) is 23.2 Å². The Kier molecular flexibility index (Phi) is 10.4. The minimum absolute atomic E-state index is 0.0374. The number of likely N-dealkylation sites (tertiary alicyclic amines) is 1. The summed E-state index contributed by atoms with van der Waals surface area (Å²) in [6, 6.07) is 23.7. The van der Waals surface area contributed by atoms with Crippen LogP contribution in [0.25, 0.3) is 10.8 Å². The second-order valence-electron chi connectivity index (χ2n) is 11.4. The Balaban J connectivity index is 1.32. The first kappa shape index (κ1) is 32.1. The Morgan fingerprint density at radius 3 is 2.43 bits per heavy atom. The van der Waals surface area contributed by atoms with Gasteiger partial charge in [-0.25, -0.2) is 0 Å². The summed E-state index contributed by atoms with van der Waals surface area (Å²) in [7, 11) is 0.717. The van der Waals surface area contributed by atoms with Gasteiger partial charge in [-0.1, -0.05) is 71.7 Å². The Hall–Kier alpha value is -3.30. The molecule has 0 saturated carbocycles. The number of benzene rings is 4. The third-order valence-electron chi connectivity index (χ3n) is 8.59. The smallest absolute Gasteiger partial charge is 0.270 e. The van der Waals surface area contributed by atoms with Crippen molar-refractivity contribution in [2.75, 3.05) is 39.5 Å². The number of nitrogens with zero attached hydrogens (tertiary/aromatic N) is 3. The number of hydrogen-bond acceptors (Lipinski definition) is 5. The van der Waals surface area contributed by atoms with Crippen molar-refractivity contribution < 1.29 is 13.9 Å². The fraction of sp³-hybridized carbons (Fsp3) is 0.324. The number of likely N-dealkylation sites (N-methyl/N-ethyl adjacent to an activating group) is 1. The minimum atomic E-state index is -1.02. The number of fused-ring (bicyclic) bond motifs is 1. The number of carbonyl (C=O) groups excluding carboxylic acids is 1. The molecule has 1 unspecified atom stereocenters. The van der Waals surface area contributed by atoms with Crippen LogP contribution in [0.3, 0.4) is 0 Å². The van der Waals surface area contributed by atoms with Crippen LogP contribution in [0.2, 0.25) is 10.0 Å². The van der Waals surface area contributed by atoms with Gasteiger partial charge in [0.05, 0.1) is 31.3 Å². The van der Waals surface area contributed by atoms with Gasteiger partial charge in [0, 0.05) is 42.8 Å². The van der Waals surface area contributed by atoms with E-state index in [2.05, 4.69) is 11.0 Å². The number of hydrogen-bond donors (Lipinski definition) is 0. The first-order chi connectivity index (χ1) is 21.1. The predicted molar refractivity (Wildman–Crippen MR) is 179 cm³/mol. The van der Waals surface area contributed by atoms with E-state index >= 15 is 0 Å². The molecule has 4 aromatic carbocycles. The molecule has 0 aromatic heterocycles. The predicted octanol–water partition coefficient (Wildman–Crippen LogP) is 7.92. The molecule has 230 valence electrons. The highest BCUT2D eigenvalue weighted by Crippen LogP contribution is 2.34. The molecule has 1 amide bonds. The van der Waals surface area contributed by atoms with E-state index in [1.54, 1.807) is 36.4 Å². The summed E-state index contributed by atoms with van der Waals surface area (Å²) in [5.41, 5.74) is 2.37. The van der Waals surface area contributed by atoms with Crippen molar-refractivity contribution in [1.82, 2.24) is 9.80 Å². The number of piperidine rings is 1. The number of carbonyl (C=O) groups is 1. The van der Waals surface area contributed by atoms with Gasteiger partial charge in [-0.3, -0.25) is 19.1 Å². The van der Waals surface area contributed by atoms with Gasteiger partial charge in [0.25, 0.3) is 11.6 Å². The van der Waals surface area contributed by atoms with Gasteiger partial charge in [-0.2, -0.15) is 0 Å². The van der Waals surface area contributed by atoms with Gasteiger partial charge in [0.2, 0.25) is 0 Å². The molecule has 1 saturated heterocycles. The van der Waals surface area contributed by atoms with E-state index in [9.17, 15) is 19.1 Å². The molecule has 0 bridgehead atoms. The molecule has 0 spiro atoms. The Morgan fingerprint density at radius 1 is 1.02 bits per heavy atom. The van der Waals surface area contributed by atoms with Gasteiger partial charge >= 0.3 is 0 Å². The van der Waals surface area contributed by atoms with Gasteiger partial charge < -0.3 is 9.80 Å². The molecule has 44 heavy (non-hydrogen) atoms. The molecule has 1 aliphatic heterocycles. The second kappa shape index (κ2) is 14.2. The maximum atomic E-state index is 13.8. The average molecular weight is 653 g/mol. The maximum absolute atomic E-state index is 13.8. The van der Waals surface area contributed by atoms with Crippen molar-refractivity contribution in [2.24, 2.45) is 0 Å². The highest BCUT2D eigenvalue weighted by atomic mass is 35.5. The van der Waals surface area contributed by atoms with Crippen LogP contribution in [-0.4, -0.2) is 64.3 Å². The van der Waals surface area contributed by atoms with E-state index in [0.29, 0.717) is 38.8 Å². The molecule has 1 heterocycles. The first-order valence-corrected chi connectivity index (χ1v) is 17.0. The molecular weight excluding hydrogens is 617 g/mol. The van der Waals surface area contributed by atoms with Crippen molar-refractivity contribution in [2.45, 2.75) is 36.0 Å². The lowest BCUT2D eigenvalue weighted by molar-refractivity contribution is -0.384. The molecule has 0 aliphatic carbocycles. The van der Waals surface area contributed by atoms with Crippen LogP contribution < -0.4 is 0 Å². The van der Waals surface area contributed by atoms with Gasteiger partial charge in [-0.15, -0.1) is 0 Å². The maximum Gasteiger partial charge on any atom is 0.270 e. The molecule has 0 radical (unpaired) electrons. The quantitative estimate of drug-likeness (QED) is 0.128. The number of nitro benzene ring substituents is 1. The van der Waals surface area contributed by atoms with Crippen LogP contribution in [0.1, 0.15) is 52.6 Å². The van der Waals surface area contributed by atoms with Crippen LogP contribution in [0.4, 0.5) is 5.69 Å². The molecule has 7 nitrogen and oxygen atoms in total. The molecular formula is C34H35Cl2N3O4S. The third kappa shape index (κ3) is 7.32. The molecule has 1 fully saturated rings. The minimum Gasteiger partial charge on any atom is -0.341 e. The zero-order chi connectivity index (χ0) is 31.4. The third-order valence-corrected chi connectivity index (χ3v) is 10.3. The van der Waals surface area contributed by atoms with Gasteiger partial charge in [0.15, 0.2) is 0 Å². The molecule has 5 rings (SSSR count). The van der Waals surface area contributed by atoms with Crippen LogP contribution in [0.5, 0.6) is 0 Å². The largest absolute Gasteiger partial charge is 0.341 e. The fourth-order valence-corrected chi connectivity index (χ4v) is 7.35. The fourth-order valence-electron chi connectivity index (χ4n) is 6.21. The first-order valence-electron chi connectivity index (χ1n) is 14.6. The Labute approximate surface area is 270 Å². The molecule has 1 aliphatic rings. The lowest BCUT2D eigenvalue weighted by Gasteiger charge is -2.34. The summed E-state index contributed by atoms with van der Waals surface area (Å²) in [6.45, 7) is 3.09. The standard InChI is InChI=1S/C34H35Cl2N3O4S/c1-37(34(40)30-21-27(39(41)42)19-25-7-3-4-8-28(25)30)22-26(24-11-12-31(35)32(36)20-24)15-18-38-16-13-23(14-17-38)29-9-5-6-10-33(29)44(2)43/h3-12,19-21,23,26H,13-18,22H2,1-2H3/t26-,44?/m1/s1. The average Bonchev–Trinajstić information content (AvgIpc) is 3.03. The highest BCUT2D eigenvalue weighted by molar-refractivity contribution is 7.84. The summed E-state index contributed by atoms with van der Waals surface area (Å²) in [4.78, 5) is 30.0. The van der Waals surface area contributed by atoms with E-state index in [0.717, 1.165) is 49.4 Å². The Morgan fingerprint density at radius 2 is 1.73 bits per heavy atom. The van der Waals surface area contributed by atoms with Crippen LogP contribution >= 0.6 is 23.2 Å². The summed E-state index contributed by atoms with van der Waals surface area (Å²) >= 11 is 12.6. The molecule has 10 heteroatoms. The molecule has 0 N–H and O–H groups in total. The lowest BCUT2D eigenvalue weighted by atomic mass is 9.88. The number of halogens is 2. The number of rotatable bonds is 10. The topological polar surface area (TPSA) is 83.8 Å². The summed E-state index contributed by atoms with van der Waals surface area (Å²) < 4.78 is 12.3. The number of non-ortho nitro benzene ring substituents is 1. The van der Waals surface area contributed by atoms with Crippen LogP contribution in [0.15, 0.2) is 83.8 Å². The molecule has 4 aromatic rings. The SMILES string of the molecule is CN(C[C@@H](CCN1CCC(c2ccccc2S(C)=O)CC1)c1ccc(Cl)c(Cl)c1)C(=O)c1cc([N+](=O)[O-])cc2ccccc12. The monoisotopic (exact) mass is 651 g/mol. The lowest BCUT2D eigenvalue weighted by Crippen LogP contribution is -2.36. The number of nitro groups is 1. The second-order valence-corrected chi connectivity index (χ2v) is 13.6. The van der Waals surface area contributed by atoms with Crippen molar-refractivity contribution in [1.29, 1.82) is 0 Å². The van der Waals surface area contributed by atoms with Crippen LogP contribution in [0, 0.1) is 10.1 Å². The van der Waals surface area contributed by atoms with Crippen LogP contribution in [-0.2, 0) is 10.8 Å². The van der Waals surface area contributed by atoms with E-state index in [1.165, 1.54) is 17.7 Å². The normalized spacial score (nSPS) is 15.6. The number of amides is 1. The Bertz CT molecular complexity index is 1710. The summed E-state index contributed by atoms with van der Waals surface area (Å²) in [5.74, 6) is 0.0677. The van der Waals surface area contributed by atoms with Crippen molar-refractivity contribution in [3.8, 4) is 0 Å². The van der Waals surface area contributed by atoms with E-state index in [1.807, 2.05) is 42.5 Å². The molecule has 2 atom stereocenters. The summed E-state index contributed by atoms with van der Waals surface area (Å²) in [5, 5.41) is 13.9. The van der Waals surface area contributed by atoms with Crippen molar-refractivity contribution >= 4 is 56.4 Å². The van der Waals surface area contributed by atoms with Crippen molar-refractivity contribution in [3.63, 3.8) is 0 Å². The highest BCUT2D eigenvalue weighted by Gasteiger charge is 2.26. The van der Waals surface area contributed by atoms with E-state index < -0.39 is 15.7 Å². The zero-order valence-electron chi connectivity index (χ0n) is 24.7.